The molecular weight excluding hydrogens is 211 g/mol. The summed E-state index contributed by atoms with van der Waals surface area (Å²) in [5.41, 5.74) is 6.53. The van der Waals surface area contributed by atoms with Crippen LogP contribution in [0.25, 0.3) is 0 Å². The predicted octanol–water partition coefficient (Wildman–Crippen LogP) is 1.11. The van der Waals surface area contributed by atoms with Crippen molar-refractivity contribution in [2.45, 2.75) is 6.42 Å². The first-order chi connectivity index (χ1) is 6.13. The highest BCUT2D eigenvalue weighted by molar-refractivity contribution is 6.36. The monoisotopic (exact) mass is 222 g/mol. The summed E-state index contributed by atoms with van der Waals surface area (Å²) in [4.78, 5) is 12.9. The van der Waals surface area contributed by atoms with E-state index in [-0.39, 0.29) is 11.8 Å². The molecule has 1 amide bonds. The lowest BCUT2D eigenvalue weighted by Crippen LogP contribution is -2.28. The molecule has 0 aromatic rings. The molecule has 1 saturated heterocycles. The summed E-state index contributed by atoms with van der Waals surface area (Å²) < 4.78 is 0. The Morgan fingerprint density at radius 2 is 2.38 bits per heavy atom. The molecule has 0 spiro atoms. The number of rotatable bonds is 3. The van der Waals surface area contributed by atoms with Gasteiger partial charge in [-0.25, -0.2) is 0 Å². The van der Waals surface area contributed by atoms with E-state index < -0.39 is 0 Å². The predicted molar refractivity (Wildman–Crippen MR) is 53.5 cm³/mol. The van der Waals surface area contributed by atoms with Crippen LogP contribution in [0.15, 0.2) is 10.6 Å². The minimum Gasteiger partial charge on any atom is -0.369 e. The van der Waals surface area contributed by atoms with E-state index in [1.807, 2.05) is 0 Å². The number of hydrogen-bond donors (Lipinski definition) is 1. The summed E-state index contributed by atoms with van der Waals surface area (Å²) in [6, 6.07) is 0. The highest BCUT2D eigenvalue weighted by Crippen LogP contribution is 2.18. The number of likely N-dealkylation sites (tertiary alicyclic amines) is 1. The van der Waals surface area contributed by atoms with E-state index in [1.165, 1.54) is 5.54 Å². The molecule has 0 saturated carbocycles. The number of carbonyl (C=O) groups excluding carboxylic acids is 1. The molecule has 1 heterocycles. The summed E-state index contributed by atoms with van der Waals surface area (Å²) in [7, 11) is 0. The fourth-order valence-electron chi connectivity index (χ4n) is 1.46. The molecule has 1 rings (SSSR count). The lowest BCUT2D eigenvalue weighted by atomic mass is 10.1. The quantitative estimate of drug-likeness (QED) is 0.779. The van der Waals surface area contributed by atoms with Gasteiger partial charge in [0.05, 0.1) is 5.92 Å². The van der Waals surface area contributed by atoms with Gasteiger partial charge in [-0.2, -0.15) is 0 Å². The highest BCUT2D eigenvalue weighted by atomic mass is 35.5. The standard InChI is InChI=1S/C8H12Cl2N2O/c9-3-7(10)5-12-2-1-6(4-12)8(11)13/h3,6H,1-2,4-5H2,(H2,11,13)/b7-3-. The summed E-state index contributed by atoms with van der Waals surface area (Å²) in [5.74, 6) is -0.256. The van der Waals surface area contributed by atoms with Gasteiger partial charge in [-0.1, -0.05) is 23.2 Å². The van der Waals surface area contributed by atoms with Gasteiger partial charge in [0.1, 0.15) is 0 Å². The van der Waals surface area contributed by atoms with Crippen molar-refractivity contribution in [3.05, 3.63) is 10.6 Å². The Kier molecular flexibility index (Phi) is 4.03. The Balaban J connectivity index is 2.37. The van der Waals surface area contributed by atoms with E-state index >= 15 is 0 Å². The smallest absolute Gasteiger partial charge is 0.221 e. The average Bonchev–Trinajstić information content (AvgIpc) is 2.52. The van der Waals surface area contributed by atoms with Crippen molar-refractivity contribution in [1.29, 1.82) is 0 Å². The first-order valence-corrected chi connectivity index (χ1v) is 4.91. The number of carbonyl (C=O) groups is 1. The number of hydrogen-bond acceptors (Lipinski definition) is 2. The maximum Gasteiger partial charge on any atom is 0.221 e. The molecule has 1 atom stereocenters. The normalized spacial score (nSPS) is 25.1. The van der Waals surface area contributed by atoms with Gasteiger partial charge >= 0.3 is 0 Å². The minimum atomic E-state index is -0.228. The van der Waals surface area contributed by atoms with Gasteiger partial charge in [-0.05, 0) is 13.0 Å². The van der Waals surface area contributed by atoms with Gasteiger partial charge in [0.15, 0.2) is 0 Å². The molecular formula is C8H12Cl2N2O. The summed E-state index contributed by atoms with van der Waals surface area (Å²) in [6.07, 6.45) is 0.821. The fourth-order valence-corrected chi connectivity index (χ4v) is 1.69. The van der Waals surface area contributed by atoms with Crippen LogP contribution in [0.3, 0.4) is 0 Å². The second kappa shape index (κ2) is 4.84. The van der Waals surface area contributed by atoms with Crippen LogP contribution >= 0.6 is 23.2 Å². The molecule has 0 aromatic heterocycles. The Morgan fingerprint density at radius 1 is 1.69 bits per heavy atom. The summed E-state index contributed by atoms with van der Waals surface area (Å²) in [6.45, 7) is 2.15. The third-order valence-electron chi connectivity index (χ3n) is 2.17. The summed E-state index contributed by atoms with van der Waals surface area (Å²) in [5, 5.41) is 0.590. The molecule has 0 aliphatic carbocycles. The molecule has 0 bridgehead atoms. The first kappa shape index (κ1) is 10.8. The van der Waals surface area contributed by atoms with Crippen LogP contribution in [-0.2, 0) is 4.79 Å². The van der Waals surface area contributed by atoms with Crippen LogP contribution < -0.4 is 5.73 Å². The van der Waals surface area contributed by atoms with Crippen molar-refractivity contribution in [3.8, 4) is 0 Å². The lowest BCUT2D eigenvalue weighted by molar-refractivity contribution is -0.121. The van der Waals surface area contributed by atoms with Gasteiger partial charge in [0, 0.05) is 23.7 Å². The molecule has 0 radical (unpaired) electrons. The van der Waals surface area contributed by atoms with Crippen LogP contribution in [0.4, 0.5) is 0 Å². The molecule has 74 valence electrons. The molecule has 3 nitrogen and oxygen atoms in total. The largest absolute Gasteiger partial charge is 0.369 e. The van der Waals surface area contributed by atoms with Crippen LogP contribution in [0.1, 0.15) is 6.42 Å². The Hall–Kier alpha value is -0.250. The SMILES string of the molecule is NC(=O)C1CCN(C/C(Cl)=C/Cl)C1. The average molecular weight is 223 g/mol. The minimum absolute atomic E-state index is 0.0280. The van der Waals surface area contributed by atoms with Crippen LogP contribution in [-0.4, -0.2) is 30.4 Å². The van der Waals surface area contributed by atoms with E-state index in [1.54, 1.807) is 0 Å². The van der Waals surface area contributed by atoms with Crippen molar-refractivity contribution in [3.63, 3.8) is 0 Å². The zero-order chi connectivity index (χ0) is 9.84. The van der Waals surface area contributed by atoms with E-state index in [4.69, 9.17) is 28.9 Å². The molecule has 0 aromatic carbocycles. The molecule has 2 N–H and O–H groups in total. The topological polar surface area (TPSA) is 46.3 Å². The van der Waals surface area contributed by atoms with E-state index in [9.17, 15) is 4.79 Å². The van der Waals surface area contributed by atoms with Crippen LogP contribution in [0, 0.1) is 5.92 Å². The summed E-state index contributed by atoms with van der Waals surface area (Å²) >= 11 is 11.2. The second-order valence-electron chi connectivity index (χ2n) is 3.18. The molecule has 1 fully saturated rings. The van der Waals surface area contributed by atoms with Crippen molar-refractivity contribution in [1.82, 2.24) is 4.90 Å². The van der Waals surface area contributed by atoms with Crippen molar-refractivity contribution in [2.24, 2.45) is 11.7 Å². The first-order valence-electron chi connectivity index (χ1n) is 4.10. The Morgan fingerprint density at radius 3 is 2.85 bits per heavy atom. The number of nitrogens with zero attached hydrogens (tertiary/aromatic N) is 1. The second-order valence-corrected chi connectivity index (χ2v) is 3.88. The molecule has 1 aliphatic rings. The number of amides is 1. The maximum atomic E-state index is 10.8. The van der Waals surface area contributed by atoms with E-state index in [0.717, 1.165) is 13.0 Å². The third kappa shape index (κ3) is 3.18. The lowest BCUT2D eigenvalue weighted by Gasteiger charge is -2.13. The number of nitrogens with two attached hydrogens (primary N) is 1. The van der Waals surface area contributed by atoms with Crippen molar-refractivity contribution < 1.29 is 4.79 Å². The molecule has 1 unspecified atom stereocenters. The molecule has 1 aliphatic heterocycles. The maximum absolute atomic E-state index is 10.8. The highest BCUT2D eigenvalue weighted by Gasteiger charge is 2.26. The fraction of sp³-hybridized carbons (Fsp3) is 0.625. The van der Waals surface area contributed by atoms with Gasteiger partial charge < -0.3 is 5.73 Å². The molecule has 5 heteroatoms. The van der Waals surface area contributed by atoms with Gasteiger partial charge in [0.2, 0.25) is 5.91 Å². The van der Waals surface area contributed by atoms with E-state index in [0.29, 0.717) is 18.1 Å². The Labute approximate surface area is 87.5 Å². The van der Waals surface area contributed by atoms with Crippen molar-refractivity contribution in [2.75, 3.05) is 19.6 Å². The van der Waals surface area contributed by atoms with Gasteiger partial charge in [-0.3, -0.25) is 9.69 Å². The van der Waals surface area contributed by atoms with E-state index in [2.05, 4.69) is 4.90 Å². The number of primary amides is 1. The van der Waals surface area contributed by atoms with Crippen LogP contribution in [0.2, 0.25) is 0 Å². The van der Waals surface area contributed by atoms with Gasteiger partial charge in [0.25, 0.3) is 0 Å². The van der Waals surface area contributed by atoms with Crippen molar-refractivity contribution >= 4 is 29.1 Å². The number of halogens is 2. The Bertz CT molecular complexity index is 230. The molecule has 13 heavy (non-hydrogen) atoms. The van der Waals surface area contributed by atoms with Gasteiger partial charge in [-0.15, -0.1) is 0 Å². The third-order valence-corrected chi connectivity index (χ3v) is 2.77. The zero-order valence-electron chi connectivity index (χ0n) is 7.17. The zero-order valence-corrected chi connectivity index (χ0v) is 8.68. The van der Waals surface area contributed by atoms with Crippen LogP contribution in [0.5, 0.6) is 0 Å².